The molecule has 6 nitrogen and oxygen atoms in total. The zero-order chi connectivity index (χ0) is 17.1. The van der Waals surface area contributed by atoms with Crippen LogP contribution in [0.1, 0.15) is 28.8 Å². The number of nitro groups is 1. The summed E-state index contributed by atoms with van der Waals surface area (Å²) in [5.74, 6) is -0.660. The van der Waals surface area contributed by atoms with Gasteiger partial charge in [-0.15, -0.1) is 0 Å². The van der Waals surface area contributed by atoms with Gasteiger partial charge in [-0.2, -0.15) is 0 Å². The largest absolute Gasteiger partial charge is 0.366 e. The van der Waals surface area contributed by atoms with Crippen molar-refractivity contribution in [1.29, 1.82) is 0 Å². The fourth-order valence-corrected chi connectivity index (χ4v) is 3.32. The Morgan fingerprint density at radius 2 is 2.00 bits per heavy atom. The predicted octanol–water partition coefficient (Wildman–Crippen LogP) is 2.91. The summed E-state index contributed by atoms with van der Waals surface area (Å²) in [5, 5.41) is 11.4. The van der Waals surface area contributed by atoms with E-state index in [0.29, 0.717) is 5.69 Å². The number of carbonyl (C=O) groups excluding carboxylic acids is 1. The minimum absolute atomic E-state index is 0.0636. The summed E-state index contributed by atoms with van der Waals surface area (Å²) in [6, 6.07) is 14.8. The second-order valence-corrected chi connectivity index (χ2v) is 6.00. The Morgan fingerprint density at radius 1 is 1.25 bits per heavy atom. The minimum atomic E-state index is -0.660. The van der Waals surface area contributed by atoms with E-state index < -0.39 is 10.8 Å². The highest BCUT2D eigenvalue weighted by molar-refractivity contribution is 5.94. The van der Waals surface area contributed by atoms with Gasteiger partial charge < -0.3 is 10.6 Å². The number of anilines is 1. The highest BCUT2D eigenvalue weighted by Gasteiger charge is 2.30. The van der Waals surface area contributed by atoms with E-state index in [1.165, 1.54) is 11.6 Å². The molecule has 0 aromatic heterocycles. The summed E-state index contributed by atoms with van der Waals surface area (Å²) in [7, 11) is 0. The number of hydrogen-bond acceptors (Lipinski definition) is 4. The van der Waals surface area contributed by atoms with Crippen LogP contribution in [0.5, 0.6) is 0 Å². The van der Waals surface area contributed by atoms with Crippen LogP contribution in [0.2, 0.25) is 0 Å². The standard InChI is InChI=1S/C18H19N3O3/c19-18(22)14-8-9-16(17(12-14)21(23)24)20-10-4-7-15(20)11-13-5-2-1-3-6-13/h1-3,5-6,8-9,12,15H,4,7,10-11H2,(H2,19,22). The molecule has 1 unspecified atom stereocenters. The normalized spacial score (nSPS) is 17.0. The predicted molar refractivity (Wildman–Crippen MR) is 92.1 cm³/mol. The van der Waals surface area contributed by atoms with Crippen molar-refractivity contribution in [2.24, 2.45) is 5.73 Å². The van der Waals surface area contributed by atoms with Gasteiger partial charge in [-0.3, -0.25) is 14.9 Å². The van der Waals surface area contributed by atoms with Gasteiger partial charge in [0.05, 0.1) is 4.92 Å². The number of benzene rings is 2. The van der Waals surface area contributed by atoms with E-state index in [0.717, 1.165) is 25.8 Å². The Kier molecular flexibility index (Phi) is 4.46. The van der Waals surface area contributed by atoms with Gasteiger partial charge in [0, 0.05) is 24.2 Å². The monoisotopic (exact) mass is 325 g/mol. The topological polar surface area (TPSA) is 89.5 Å². The molecule has 0 bridgehead atoms. The molecule has 0 radical (unpaired) electrons. The van der Waals surface area contributed by atoms with Crippen LogP contribution in [-0.2, 0) is 6.42 Å². The lowest BCUT2D eigenvalue weighted by atomic mass is 10.0. The lowest BCUT2D eigenvalue weighted by Crippen LogP contribution is -2.31. The highest BCUT2D eigenvalue weighted by atomic mass is 16.6. The van der Waals surface area contributed by atoms with Crippen molar-refractivity contribution in [2.75, 3.05) is 11.4 Å². The van der Waals surface area contributed by atoms with E-state index in [4.69, 9.17) is 5.73 Å². The Morgan fingerprint density at radius 3 is 2.67 bits per heavy atom. The van der Waals surface area contributed by atoms with Gasteiger partial charge in [0.2, 0.25) is 5.91 Å². The average molecular weight is 325 g/mol. The smallest absolute Gasteiger partial charge is 0.293 e. The first-order valence-corrected chi connectivity index (χ1v) is 7.95. The SMILES string of the molecule is NC(=O)c1ccc(N2CCCC2Cc2ccccc2)c([N+](=O)[O-])c1. The highest BCUT2D eigenvalue weighted by Crippen LogP contribution is 2.35. The van der Waals surface area contributed by atoms with Gasteiger partial charge in [0.25, 0.3) is 5.69 Å². The lowest BCUT2D eigenvalue weighted by molar-refractivity contribution is -0.384. The molecule has 2 aromatic rings. The minimum Gasteiger partial charge on any atom is -0.366 e. The van der Waals surface area contributed by atoms with Crippen molar-refractivity contribution in [1.82, 2.24) is 0 Å². The third-order valence-corrected chi connectivity index (χ3v) is 4.46. The van der Waals surface area contributed by atoms with E-state index in [9.17, 15) is 14.9 Å². The Balaban J connectivity index is 1.92. The summed E-state index contributed by atoms with van der Waals surface area (Å²) in [6.07, 6.45) is 2.82. The molecule has 0 spiro atoms. The number of nitrogens with zero attached hydrogens (tertiary/aromatic N) is 2. The first-order chi connectivity index (χ1) is 11.6. The molecular formula is C18H19N3O3. The average Bonchev–Trinajstić information content (AvgIpc) is 3.03. The molecule has 1 saturated heterocycles. The zero-order valence-electron chi connectivity index (χ0n) is 13.2. The van der Waals surface area contributed by atoms with E-state index in [1.54, 1.807) is 12.1 Å². The Hall–Kier alpha value is -2.89. The van der Waals surface area contributed by atoms with Gasteiger partial charge in [-0.1, -0.05) is 30.3 Å². The number of primary amides is 1. The van der Waals surface area contributed by atoms with Gasteiger partial charge in [0.15, 0.2) is 0 Å². The van der Waals surface area contributed by atoms with Gasteiger partial charge >= 0.3 is 0 Å². The summed E-state index contributed by atoms with van der Waals surface area (Å²) in [4.78, 5) is 24.4. The maximum atomic E-state index is 11.4. The molecule has 24 heavy (non-hydrogen) atoms. The van der Waals surface area contributed by atoms with E-state index in [1.807, 2.05) is 18.2 Å². The number of hydrogen-bond donors (Lipinski definition) is 1. The van der Waals surface area contributed by atoms with Crippen LogP contribution < -0.4 is 10.6 Å². The van der Waals surface area contributed by atoms with Gasteiger partial charge in [0.1, 0.15) is 5.69 Å². The number of rotatable bonds is 5. The quantitative estimate of drug-likeness (QED) is 0.676. The third kappa shape index (κ3) is 3.22. The van der Waals surface area contributed by atoms with E-state index in [2.05, 4.69) is 17.0 Å². The molecule has 1 heterocycles. The molecular weight excluding hydrogens is 306 g/mol. The maximum absolute atomic E-state index is 11.4. The molecule has 0 saturated carbocycles. The third-order valence-electron chi connectivity index (χ3n) is 4.46. The van der Waals surface area contributed by atoms with Crippen molar-refractivity contribution in [3.63, 3.8) is 0 Å². The molecule has 1 aliphatic heterocycles. The van der Waals surface area contributed by atoms with Gasteiger partial charge in [-0.25, -0.2) is 0 Å². The number of amides is 1. The van der Waals surface area contributed by atoms with Gasteiger partial charge in [-0.05, 0) is 37.0 Å². The van der Waals surface area contributed by atoms with Crippen molar-refractivity contribution in [3.8, 4) is 0 Å². The van der Waals surface area contributed by atoms with Crippen LogP contribution in [-0.4, -0.2) is 23.4 Å². The number of carbonyl (C=O) groups is 1. The zero-order valence-corrected chi connectivity index (χ0v) is 13.2. The molecule has 1 aliphatic rings. The molecule has 6 heteroatoms. The second-order valence-electron chi connectivity index (χ2n) is 6.00. The van der Waals surface area contributed by atoms with E-state index in [-0.39, 0.29) is 17.3 Å². The van der Waals surface area contributed by atoms with Crippen molar-refractivity contribution in [2.45, 2.75) is 25.3 Å². The van der Waals surface area contributed by atoms with Crippen molar-refractivity contribution < 1.29 is 9.72 Å². The Bertz CT molecular complexity index is 761. The molecule has 124 valence electrons. The Labute approximate surface area is 140 Å². The molecule has 3 rings (SSSR count). The molecule has 0 aliphatic carbocycles. The summed E-state index contributed by atoms with van der Waals surface area (Å²) in [6.45, 7) is 0.772. The lowest BCUT2D eigenvalue weighted by Gasteiger charge is -2.26. The van der Waals surface area contributed by atoms with Crippen LogP contribution in [0.15, 0.2) is 48.5 Å². The molecule has 2 N–H and O–H groups in total. The second kappa shape index (κ2) is 6.70. The van der Waals surface area contributed by atoms with Crippen LogP contribution in [0.4, 0.5) is 11.4 Å². The molecule has 1 amide bonds. The number of nitro benzene ring substituents is 1. The van der Waals surface area contributed by atoms with Crippen LogP contribution in [0, 0.1) is 10.1 Å². The van der Waals surface area contributed by atoms with Crippen LogP contribution >= 0.6 is 0 Å². The molecule has 1 atom stereocenters. The first kappa shape index (κ1) is 16.0. The van der Waals surface area contributed by atoms with Crippen LogP contribution in [0.25, 0.3) is 0 Å². The maximum Gasteiger partial charge on any atom is 0.293 e. The summed E-state index contributed by atoms with van der Waals surface area (Å²) in [5.41, 5.74) is 7.11. The number of nitrogens with two attached hydrogens (primary N) is 1. The van der Waals surface area contributed by atoms with Crippen molar-refractivity contribution in [3.05, 3.63) is 69.8 Å². The summed E-state index contributed by atoms with van der Waals surface area (Å²) < 4.78 is 0. The fraction of sp³-hybridized carbons (Fsp3) is 0.278. The van der Waals surface area contributed by atoms with Crippen molar-refractivity contribution >= 4 is 17.3 Å². The van der Waals surface area contributed by atoms with E-state index >= 15 is 0 Å². The first-order valence-electron chi connectivity index (χ1n) is 7.95. The molecule has 2 aromatic carbocycles. The summed E-state index contributed by atoms with van der Waals surface area (Å²) >= 11 is 0. The molecule has 1 fully saturated rings. The fourth-order valence-electron chi connectivity index (χ4n) is 3.32. The van der Waals surface area contributed by atoms with Crippen LogP contribution in [0.3, 0.4) is 0 Å².